The van der Waals surface area contributed by atoms with Crippen LogP contribution in [0.5, 0.6) is 0 Å². The van der Waals surface area contributed by atoms with E-state index in [4.69, 9.17) is 0 Å². The largest absolute Gasteiger partial charge is 0.319 e. The summed E-state index contributed by atoms with van der Waals surface area (Å²) in [6.07, 6.45) is 9.05. The average molecular weight is 1220 g/mol. The van der Waals surface area contributed by atoms with Crippen molar-refractivity contribution in [2.75, 3.05) is 4.90 Å². The fourth-order valence-corrected chi connectivity index (χ4v) is 16.9. The van der Waals surface area contributed by atoms with Crippen molar-refractivity contribution >= 4 is 116 Å². The number of nitrogens with zero attached hydrogens (tertiary/aromatic N) is 6. The molecule has 14 aromatic carbocycles. The van der Waals surface area contributed by atoms with Crippen LogP contribution in [0.15, 0.2) is 340 Å². The summed E-state index contributed by atoms with van der Waals surface area (Å²) < 4.78 is 12.5. The van der Waals surface area contributed by atoms with E-state index in [1.54, 1.807) is 0 Å². The van der Waals surface area contributed by atoms with Crippen molar-refractivity contribution in [3.63, 3.8) is 0 Å². The highest BCUT2D eigenvalue weighted by Crippen LogP contribution is 2.57. The Morgan fingerprint density at radius 1 is 0.250 bits per heavy atom. The van der Waals surface area contributed by atoms with Gasteiger partial charge in [0, 0.05) is 95.6 Å². The van der Waals surface area contributed by atoms with Gasteiger partial charge in [-0.25, -0.2) is 0 Å². The van der Waals surface area contributed by atoms with Crippen molar-refractivity contribution in [1.29, 1.82) is 0 Å². The van der Waals surface area contributed by atoms with E-state index >= 15 is 0 Å². The second kappa shape index (κ2) is 20.4. The van der Waals surface area contributed by atoms with Crippen LogP contribution in [-0.2, 0) is 0 Å². The Morgan fingerprint density at radius 2 is 0.635 bits per heavy atom. The van der Waals surface area contributed by atoms with E-state index in [1.165, 1.54) is 76.4 Å². The topological polar surface area (TPSA) is 26.0 Å². The third-order valence-corrected chi connectivity index (χ3v) is 20.8. The van der Waals surface area contributed by atoms with E-state index in [0.717, 1.165) is 107 Å². The van der Waals surface area contributed by atoms with Gasteiger partial charge in [-0.1, -0.05) is 212 Å². The summed E-state index contributed by atoms with van der Waals surface area (Å²) in [6, 6.07) is 118. The van der Waals surface area contributed by atoms with Crippen molar-refractivity contribution in [2.24, 2.45) is 0 Å². The monoisotopic (exact) mass is 1220 g/mol. The van der Waals surface area contributed by atoms with Crippen LogP contribution in [0.3, 0.4) is 0 Å². The summed E-state index contributed by atoms with van der Waals surface area (Å²) in [6.45, 7) is 0. The Balaban J connectivity index is 0.890. The first kappa shape index (κ1) is 52.8. The molecular formula is C90H57N6+. The fourth-order valence-electron chi connectivity index (χ4n) is 16.9. The molecule has 2 aliphatic carbocycles. The van der Waals surface area contributed by atoms with E-state index in [-0.39, 0.29) is 6.04 Å². The number of fused-ring (bicyclic) bond motifs is 22. The van der Waals surface area contributed by atoms with E-state index < -0.39 is 0 Å². The maximum absolute atomic E-state index is 2.57. The minimum absolute atomic E-state index is 0.0991. The Morgan fingerprint density at radius 3 is 1.14 bits per heavy atom. The number of hydrogen-bond donors (Lipinski definition) is 0. The molecule has 1 atom stereocenters. The van der Waals surface area contributed by atoms with Gasteiger partial charge in [-0.2, -0.15) is 4.58 Å². The molecule has 0 bridgehead atoms. The van der Waals surface area contributed by atoms with Crippen molar-refractivity contribution < 1.29 is 0 Å². The van der Waals surface area contributed by atoms with Gasteiger partial charge in [-0.05, 0) is 137 Å². The molecule has 446 valence electrons. The maximum atomic E-state index is 2.57. The molecule has 0 N–H and O–H groups in total. The molecule has 0 radical (unpaired) electrons. The van der Waals surface area contributed by atoms with Crippen LogP contribution in [-0.4, -0.2) is 30.0 Å². The summed E-state index contributed by atoms with van der Waals surface area (Å²) in [5, 5.41) is 9.73. The first-order chi connectivity index (χ1) is 47.7. The van der Waals surface area contributed by atoms with Gasteiger partial charge in [0.05, 0.1) is 55.5 Å². The van der Waals surface area contributed by atoms with Crippen molar-refractivity contribution in [2.45, 2.75) is 6.04 Å². The zero-order chi connectivity index (χ0) is 62.7. The van der Waals surface area contributed by atoms with Crippen LogP contribution in [0.4, 0.5) is 22.7 Å². The lowest BCUT2D eigenvalue weighted by Crippen LogP contribution is -2.44. The van der Waals surface area contributed by atoms with Gasteiger partial charge in [0.1, 0.15) is 11.7 Å². The summed E-state index contributed by atoms with van der Waals surface area (Å²) in [7, 11) is 0. The molecule has 0 fully saturated rings. The lowest BCUT2D eigenvalue weighted by Gasteiger charge is -2.37. The molecule has 6 heteroatoms. The van der Waals surface area contributed by atoms with Crippen molar-refractivity contribution in [1.82, 2.24) is 22.8 Å². The van der Waals surface area contributed by atoms with E-state index in [2.05, 4.69) is 367 Å². The van der Waals surface area contributed by atoms with Crippen LogP contribution in [0.25, 0.3) is 154 Å². The number of para-hydroxylation sites is 8. The Hall–Kier alpha value is -12.8. The molecule has 1 aliphatic heterocycles. The van der Waals surface area contributed by atoms with Crippen LogP contribution < -0.4 is 9.48 Å². The predicted molar refractivity (Wildman–Crippen MR) is 403 cm³/mol. The maximum Gasteiger partial charge on any atom is 0.235 e. The molecule has 1 unspecified atom stereocenters. The molecule has 0 spiro atoms. The van der Waals surface area contributed by atoms with Gasteiger partial charge in [0.15, 0.2) is 0 Å². The summed E-state index contributed by atoms with van der Waals surface area (Å²) >= 11 is 0. The van der Waals surface area contributed by atoms with Crippen molar-refractivity contribution in [3.05, 3.63) is 340 Å². The Labute approximate surface area is 553 Å². The minimum atomic E-state index is -0.0991. The molecule has 18 aromatic rings. The van der Waals surface area contributed by atoms with Gasteiger partial charge >= 0.3 is 0 Å². The average Bonchev–Trinajstić information content (AvgIpc) is 1.61. The molecule has 3 aliphatic rings. The van der Waals surface area contributed by atoms with Gasteiger partial charge in [-0.3, -0.25) is 0 Å². The molecule has 5 heterocycles. The third kappa shape index (κ3) is 7.43. The number of benzene rings is 14. The fraction of sp³-hybridized carbons (Fsp3) is 0.0111. The number of rotatable bonds is 6. The minimum Gasteiger partial charge on any atom is -0.319 e. The third-order valence-electron chi connectivity index (χ3n) is 20.8. The van der Waals surface area contributed by atoms with Gasteiger partial charge in [0.25, 0.3) is 0 Å². The zero-order valence-corrected chi connectivity index (χ0v) is 52.1. The Bertz CT molecular complexity index is 6360. The molecule has 96 heavy (non-hydrogen) atoms. The van der Waals surface area contributed by atoms with Gasteiger partial charge in [0.2, 0.25) is 17.1 Å². The second-order valence-corrected chi connectivity index (χ2v) is 25.7. The Kier molecular flexibility index (Phi) is 11.2. The highest BCUT2D eigenvalue weighted by molar-refractivity contribution is 6.19. The lowest BCUT2D eigenvalue weighted by atomic mass is 9.78. The highest BCUT2D eigenvalue weighted by atomic mass is 15.2. The number of aromatic nitrogens is 4. The highest BCUT2D eigenvalue weighted by Gasteiger charge is 2.42. The number of allylic oxidation sites excluding steroid dienone is 2. The summed E-state index contributed by atoms with van der Waals surface area (Å²) in [5.74, 6) is 0. The SMILES string of the molecule is C1=CC2=[N+](c3ccccc3)c3cc4c(cc3N(c3ccccc3)C2C=C1)-c1cccc(-n2c3ccccc3c3cc(-n5c6ccccc6c6ccccc65)ccc32)c1-c1c(cccc1-n1c2ccccc2c2cc(-n3c5ccccc5c5ccccc53)ccc21)-c1ccccc1-4. The predicted octanol–water partition coefficient (Wildman–Crippen LogP) is 23.0. The standard InChI is InChI=1S/C90H57N6/c1-3-25-57(26-4-1)91-83-45-21-22-46-84(83)92(58-27-5-2-6-28-58)88-56-72-70-38-24-48-86(96-80-44-20-14-36-68(80)74-54-60(50-52-82(74)96)94-77-41-17-11-33-65(77)66-34-12-18-42-78(66)94)90(70)89-69(61-29-7-8-30-62(61)71(72)55-87(88)91)37-23-47-85(89)95-79-43-19-13-35-67(79)73-53-59(49-51-81(73)95)93-75-39-15-9-31-63(75)64-32-10-16-40-76(64)93/h1-56,84H/q+1. The van der Waals surface area contributed by atoms with Crippen LogP contribution in [0, 0.1) is 0 Å². The molecular weight excluding hydrogens is 1170 g/mol. The van der Waals surface area contributed by atoms with E-state index in [0.29, 0.717) is 0 Å². The van der Waals surface area contributed by atoms with Crippen LogP contribution in [0.1, 0.15) is 0 Å². The van der Waals surface area contributed by atoms with E-state index in [9.17, 15) is 0 Å². The normalized spacial score (nSPS) is 14.0. The smallest absolute Gasteiger partial charge is 0.235 e. The molecule has 4 aromatic heterocycles. The lowest BCUT2D eigenvalue weighted by molar-refractivity contribution is 0.897. The van der Waals surface area contributed by atoms with Crippen LogP contribution >= 0.6 is 0 Å². The molecule has 0 amide bonds. The van der Waals surface area contributed by atoms with Crippen molar-refractivity contribution in [3.8, 4) is 67.3 Å². The van der Waals surface area contributed by atoms with E-state index in [1.807, 2.05) is 0 Å². The van der Waals surface area contributed by atoms with Gasteiger partial charge in [-0.15, -0.1) is 0 Å². The summed E-state index contributed by atoms with van der Waals surface area (Å²) in [4.78, 5) is 2.56. The second-order valence-electron chi connectivity index (χ2n) is 25.7. The molecule has 0 saturated heterocycles. The molecule has 6 nitrogen and oxygen atoms in total. The molecule has 21 rings (SSSR count). The quantitative estimate of drug-likeness (QED) is 0.152. The van der Waals surface area contributed by atoms with Gasteiger partial charge < -0.3 is 23.2 Å². The first-order valence-corrected chi connectivity index (χ1v) is 33.2. The molecule has 0 saturated carbocycles. The van der Waals surface area contributed by atoms with Crippen LogP contribution in [0.2, 0.25) is 0 Å². The number of anilines is 2. The first-order valence-electron chi connectivity index (χ1n) is 33.2. The zero-order valence-electron chi connectivity index (χ0n) is 52.1. The number of hydrogen-bond acceptors (Lipinski definition) is 1. The summed E-state index contributed by atoms with van der Waals surface area (Å²) in [5.41, 5.74) is 28.6.